The van der Waals surface area contributed by atoms with Crippen molar-refractivity contribution in [3.8, 4) is 0 Å². The topological polar surface area (TPSA) is 237 Å². The average Bonchev–Trinajstić information content (AvgIpc) is 2.56. The molecule has 0 spiro atoms. The van der Waals surface area contributed by atoms with Gasteiger partial charge in [-0.1, -0.05) is 297 Å². The summed E-state index contributed by atoms with van der Waals surface area (Å²) in [6.07, 6.45) is 53.5. The van der Waals surface area contributed by atoms with Gasteiger partial charge in [0.15, 0.2) is 12.2 Å². The zero-order valence-electron chi connectivity index (χ0n) is 59.3. The number of ether oxygens (including phenoxy) is 4. The van der Waals surface area contributed by atoms with Crippen LogP contribution in [0.15, 0.2) is 24.3 Å². The zero-order valence-corrected chi connectivity index (χ0v) is 61.1. The van der Waals surface area contributed by atoms with Crippen LogP contribution in [0.2, 0.25) is 0 Å². The number of rotatable bonds is 70. The molecule has 17 nitrogen and oxygen atoms in total. The third kappa shape index (κ3) is 66.2. The van der Waals surface area contributed by atoms with Crippen molar-refractivity contribution in [3.63, 3.8) is 0 Å². The van der Waals surface area contributed by atoms with E-state index in [-0.39, 0.29) is 25.7 Å². The molecule has 0 aliphatic carbocycles. The predicted molar refractivity (Wildman–Crippen MR) is 372 cm³/mol. The van der Waals surface area contributed by atoms with Gasteiger partial charge in [-0.3, -0.25) is 37.3 Å². The van der Waals surface area contributed by atoms with Crippen molar-refractivity contribution in [1.82, 2.24) is 0 Å². The van der Waals surface area contributed by atoms with E-state index in [2.05, 4.69) is 65.8 Å². The second-order valence-corrected chi connectivity index (χ2v) is 29.5. The number of phosphoric ester groups is 2. The first kappa shape index (κ1) is 89.5. The van der Waals surface area contributed by atoms with Crippen LogP contribution >= 0.6 is 15.6 Å². The highest BCUT2D eigenvalue weighted by atomic mass is 31.2. The molecule has 0 aromatic heterocycles. The van der Waals surface area contributed by atoms with Crippen LogP contribution in [0, 0.1) is 11.8 Å². The van der Waals surface area contributed by atoms with E-state index < -0.39 is 97.5 Å². The third-order valence-electron chi connectivity index (χ3n) is 16.3. The maximum Gasteiger partial charge on any atom is 0.472 e. The van der Waals surface area contributed by atoms with Crippen LogP contribution in [0.4, 0.5) is 0 Å². The highest BCUT2D eigenvalue weighted by Gasteiger charge is 2.30. The van der Waals surface area contributed by atoms with Gasteiger partial charge >= 0.3 is 39.5 Å². The minimum atomic E-state index is -4.96. The first-order chi connectivity index (χ1) is 44.4. The van der Waals surface area contributed by atoms with E-state index in [4.69, 9.17) is 37.0 Å². The molecule has 0 amide bonds. The van der Waals surface area contributed by atoms with E-state index in [9.17, 15) is 43.2 Å². The fourth-order valence-corrected chi connectivity index (χ4v) is 12.2. The van der Waals surface area contributed by atoms with Crippen LogP contribution in [-0.4, -0.2) is 96.7 Å². The summed E-state index contributed by atoms with van der Waals surface area (Å²) in [6, 6.07) is 0. The summed E-state index contributed by atoms with van der Waals surface area (Å²) >= 11 is 0. The quantitative estimate of drug-likeness (QED) is 0.0169. The number of aliphatic hydroxyl groups is 1. The molecule has 0 aromatic carbocycles. The number of hydrogen-bond acceptors (Lipinski definition) is 15. The zero-order chi connectivity index (χ0) is 67.9. The van der Waals surface area contributed by atoms with Crippen LogP contribution in [0.1, 0.15) is 350 Å². The largest absolute Gasteiger partial charge is 0.472 e. The van der Waals surface area contributed by atoms with Gasteiger partial charge in [-0.25, -0.2) is 9.13 Å². The minimum absolute atomic E-state index is 0.0847. The maximum atomic E-state index is 13.0. The van der Waals surface area contributed by atoms with Gasteiger partial charge in [0, 0.05) is 25.7 Å². The van der Waals surface area contributed by atoms with E-state index in [1.165, 1.54) is 154 Å². The van der Waals surface area contributed by atoms with Crippen LogP contribution in [0.25, 0.3) is 0 Å². The summed E-state index contributed by atoms with van der Waals surface area (Å²) in [6.45, 7) is 9.46. The number of phosphoric acid groups is 2. The van der Waals surface area contributed by atoms with Crippen molar-refractivity contribution in [2.24, 2.45) is 11.8 Å². The molecule has 0 aliphatic rings. The van der Waals surface area contributed by atoms with Crippen molar-refractivity contribution in [2.75, 3.05) is 39.6 Å². The third-order valence-corrected chi connectivity index (χ3v) is 18.2. The fourth-order valence-electron chi connectivity index (χ4n) is 10.6. The molecular formula is C73H138O17P2. The Bertz CT molecular complexity index is 1880. The van der Waals surface area contributed by atoms with Crippen LogP contribution in [0.5, 0.6) is 0 Å². The maximum absolute atomic E-state index is 13.0. The molecule has 0 aliphatic heterocycles. The second-order valence-electron chi connectivity index (χ2n) is 26.6. The van der Waals surface area contributed by atoms with Crippen LogP contribution < -0.4 is 0 Å². The van der Waals surface area contributed by atoms with Gasteiger partial charge in [0.2, 0.25) is 0 Å². The lowest BCUT2D eigenvalue weighted by Crippen LogP contribution is -2.30. The van der Waals surface area contributed by atoms with E-state index in [0.717, 1.165) is 115 Å². The molecule has 3 N–H and O–H groups in total. The van der Waals surface area contributed by atoms with Gasteiger partial charge in [0.25, 0.3) is 0 Å². The molecule has 542 valence electrons. The van der Waals surface area contributed by atoms with E-state index in [0.29, 0.717) is 25.7 Å². The molecule has 0 aromatic rings. The highest BCUT2D eigenvalue weighted by Crippen LogP contribution is 2.45. The number of aliphatic hydroxyl groups excluding tert-OH is 1. The minimum Gasteiger partial charge on any atom is -0.462 e. The smallest absolute Gasteiger partial charge is 0.462 e. The standard InChI is InChI=1S/C73H138O17P2/c1-7-9-11-13-15-17-19-21-22-24-26-32-40-46-52-58-73(78)89-68(61-83-70(75)55-49-43-37-30-28-27-29-35-41-47-53-65(3)4)63-87-91(79,80)85-59-67(74)60-86-92(81,82)88-64-69(62-84-71(76)56-50-44-38-34-33-36-42-48-54-66(5)6)90-72(77)57-51-45-39-31-25-23-20-18-16-14-12-10-8-2/h17,19,21-22,65-69,74H,7-16,18,20,23-64H2,1-6H3,(H,79,80)(H,81,82)/b19-17-,22-21-/t67-,68-,69-/m1/s1. The van der Waals surface area contributed by atoms with Gasteiger partial charge < -0.3 is 33.8 Å². The molecule has 5 atom stereocenters. The molecule has 0 saturated heterocycles. The number of carbonyl (C=O) groups excluding carboxylic acids is 4. The van der Waals surface area contributed by atoms with Crippen molar-refractivity contribution in [1.29, 1.82) is 0 Å². The van der Waals surface area contributed by atoms with E-state index in [1.807, 2.05) is 0 Å². The normalized spacial score (nSPS) is 14.2. The van der Waals surface area contributed by atoms with E-state index in [1.54, 1.807) is 0 Å². The summed E-state index contributed by atoms with van der Waals surface area (Å²) in [5.74, 6) is -0.669. The summed E-state index contributed by atoms with van der Waals surface area (Å²) < 4.78 is 68.4. The summed E-state index contributed by atoms with van der Waals surface area (Å²) in [5.41, 5.74) is 0. The Morgan fingerprint density at radius 2 is 0.587 bits per heavy atom. The van der Waals surface area contributed by atoms with Crippen molar-refractivity contribution >= 4 is 39.5 Å². The number of esters is 4. The van der Waals surface area contributed by atoms with Crippen molar-refractivity contribution < 1.29 is 80.2 Å². The number of hydrogen-bond donors (Lipinski definition) is 3. The summed E-state index contributed by atoms with van der Waals surface area (Å²) in [7, 11) is -9.92. The molecule has 0 saturated carbocycles. The lowest BCUT2D eigenvalue weighted by Gasteiger charge is -2.21. The number of unbranched alkanes of at least 4 members (excludes halogenated alkanes) is 37. The lowest BCUT2D eigenvalue weighted by atomic mass is 10.0. The monoisotopic (exact) mass is 1350 g/mol. The first-order valence-corrected chi connectivity index (χ1v) is 40.3. The Morgan fingerprint density at radius 3 is 0.891 bits per heavy atom. The molecule has 19 heteroatoms. The second kappa shape index (κ2) is 64.5. The Hall–Kier alpha value is -2.46. The highest BCUT2D eigenvalue weighted by molar-refractivity contribution is 7.47. The number of allylic oxidation sites excluding steroid dienone is 4. The molecule has 0 bridgehead atoms. The van der Waals surface area contributed by atoms with Crippen molar-refractivity contribution in [2.45, 2.75) is 368 Å². The Labute approximate surface area is 561 Å². The van der Waals surface area contributed by atoms with E-state index >= 15 is 0 Å². The molecule has 2 unspecified atom stereocenters. The summed E-state index contributed by atoms with van der Waals surface area (Å²) in [4.78, 5) is 72.7. The molecule has 0 rings (SSSR count). The Balaban J connectivity index is 5.30. The first-order valence-electron chi connectivity index (χ1n) is 37.3. The van der Waals surface area contributed by atoms with Gasteiger partial charge in [-0.05, 0) is 63.2 Å². The average molecular weight is 1350 g/mol. The molecule has 0 fully saturated rings. The molecular weight excluding hydrogens is 1210 g/mol. The SMILES string of the molecule is CCCCCC/C=C\C=C/CCCCCCCC(=O)O[C@H](COC(=O)CCCCCCCCCCCCC(C)C)COP(=O)(O)OC[C@@H](O)COP(=O)(O)OC[C@@H](COC(=O)CCCCCCCCCCC(C)C)OC(=O)CCCCCCCCCCCCCCC. The molecule has 0 heterocycles. The predicted octanol–water partition coefficient (Wildman–Crippen LogP) is 20.7. The van der Waals surface area contributed by atoms with Gasteiger partial charge in [-0.15, -0.1) is 0 Å². The molecule has 0 radical (unpaired) electrons. The Morgan fingerprint density at radius 1 is 0.337 bits per heavy atom. The van der Waals surface area contributed by atoms with Crippen LogP contribution in [-0.2, 0) is 65.4 Å². The van der Waals surface area contributed by atoms with Gasteiger partial charge in [0.05, 0.1) is 26.4 Å². The Kier molecular flexibility index (Phi) is 62.8. The number of carbonyl (C=O) groups is 4. The van der Waals surface area contributed by atoms with Gasteiger partial charge in [-0.2, -0.15) is 0 Å². The summed E-state index contributed by atoms with van der Waals surface area (Å²) in [5, 5.41) is 10.6. The van der Waals surface area contributed by atoms with Crippen molar-refractivity contribution in [3.05, 3.63) is 24.3 Å². The lowest BCUT2D eigenvalue weighted by molar-refractivity contribution is -0.161. The fraction of sp³-hybridized carbons (Fsp3) is 0.890. The van der Waals surface area contributed by atoms with Gasteiger partial charge in [0.1, 0.15) is 19.3 Å². The van der Waals surface area contributed by atoms with Crippen LogP contribution in [0.3, 0.4) is 0 Å². The molecule has 92 heavy (non-hydrogen) atoms.